The molecule has 0 radical (unpaired) electrons. The predicted molar refractivity (Wildman–Crippen MR) is 72.5 cm³/mol. The summed E-state index contributed by atoms with van der Waals surface area (Å²) >= 11 is 0. The fourth-order valence-corrected chi connectivity index (χ4v) is 2.06. The van der Waals surface area contributed by atoms with Crippen molar-refractivity contribution in [3.05, 3.63) is 41.9 Å². The number of allylic oxidation sites excluding steroid dienone is 1. The Morgan fingerprint density at radius 3 is 2.44 bits per heavy atom. The molecule has 4 nitrogen and oxygen atoms in total. The number of hydrogen-bond acceptors (Lipinski definition) is 4. The van der Waals surface area contributed by atoms with Gasteiger partial charge in [0.05, 0.1) is 22.4 Å². The molecule has 1 heterocycles. The highest BCUT2D eigenvalue weighted by Gasteiger charge is 2.29. The van der Waals surface area contributed by atoms with E-state index in [1.807, 2.05) is 24.3 Å². The molecular formula is C14H14N4. The quantitative estimate of drug-likeness (QED) is 0.806. The average Bonchev–Trinajstić information content (AvgIpc) is 3.24. The third-order valence-electron chi connectivity index (χ3n) is 3.17. The van der Waals surface area contributed by atoms with Crippen LogP contribution in [0.2, 0.25) is 0 Å². The Morgan fingerprint density at radius 2 is 1.89 bits per heavy atom. The van der Waals surface area contributed by atoms with Crippen LogP contribution in [0.25, 0.3) is 16.6 Å². The van der Waals surface area contributed by atoms with Crippen LogP contribution in [0.3, 0.4) is 0 Å². The van der Waals surface area contributed by atoms with E-state index >= 15 is 0 Å². The molecule has 1 aromatic carbocycles. The van der Waals surface area contributed by atoms with Gasteiger partial charge in [0, 0.05) is 23.9 Å². The second kappa shape index (κ2) is 4.22. The van der Waals surface area contributed by atoms with Crippen molar-refractivity contribution >= 4 is 22.8 Å². The molecule has 1 aliphatic rings. The standard InChI is InChI=1S/C14H14N4/c15-7-10(8-16)14-13(9-5-6-9)17-11-3-1-2-4-12(11)18-14/h1-4,7-9,15H,5-6,16H2/b10-8+,15-7?. The van der Waals surface area contributed by atoms with Crippen LogP contribution < -0.4 is 5.73 Å². The van der Waals surface area contributed by atoms with Crippen molar-refractivity contribution in [2.24, 2.45) is 5.73 Å². The summed E-state index contributed by atoms with van der Waals surface area (Å²) in [5.74, 6) is 0.479. The van der Waals surface area contributed by atoms with Gasteiger partial charge < -0.3 is 11.1 Å². The van der Waals surface area contributed by atoms with Gasteiger partial charge in [-0.3, -0.25) is 0 Å². The Labute approximate surface area is 105 Å². The molecule has 3 rings (SSSR count). The van der Waals surface area contributed by atoms with Gasteiger partial charge in [-0.2, -0.15) is 0 Å². The second-order valence-electron chi connectivity index (χ2n) is 4.49. The van der Waals surface area contributed by atoms with Crippen LogP contribution in [0.5, 0.6) is 0 Å². The van der Waals surface area contributed by atoms with Gasteiger partial charge in [0.1, 0.15) is 0 Å². The topological polar surface area (TPSA) is 75.7 Å². The largest absolute Gasteiger partial charge is 0.404 e. The zero-order chi connectivity index (χ0) is 12.5. The molecule has 3 N–H and O–H groups in total. The average molecular weight is 238 g/mol. The van der Waals surface area contributed by atoms with E-state index in [0.29, 0.717) is 11.5 Å². The van der Waals surface area contributed by atoms with Gasteiger partial charge in [-0.15, -0.1) is 0 Å². The third-order valence-corrected chi connectivity index (χ3v) is 3.17. The number of hydrogen-bond donors (Lipinski definition) is 2. The summed E-state index contributed by atoms with van der Waals surface area (Å²) in [6.45, 7) is 0. The predicted octanol–water partition coefficient (Wildman–Crippen LogP) is 2.46. The summed E-state index contributed by atoms with van der Waals surface area (Å²) < 4.78 is 0. The maximum Gasteiger partial charge on any atom is 0.0957 e. The van der Waals surface area contributed by atoms with Gasteiger partial charge in [-0.25, -0.2) is 9.97 Å². The monoisotopic (exact) mass is 238 g/mol. The van der Waals surface area contributed by atoms with E-state index in [1.54, 1.807) is 0 Å². The summed E-state index contributed by atoms with van der Waals surface area (Å²) in [6.07, 6.45) is 4.97. The van der Waals surface area contributed by atoms with Crippen LogP contribution in [0.15, 0.2) is 30.5 Å². The SMILES string of the molecule is N=C/C(=C\N)c1nc2ccccc2nc1C1CC1. The fraction of sp³-hybridized carbons (Fsp3) is 0.214. The molecule has 0 spiro atoms. The van der Waals surface area contributed by atoms with Crippen molar-refractivity contribution in [2.45, 2.75) is 18.8 Å². The minimum absolute atomic E-state index is 0.479. The Morgan fingerprint density at radius 1 is 1.22 bits per heavy atom. The maximum absolute atomic E-state index is 7.42. The molecule has 0 saturated heterocycles. The molecule has 18 heavy (non-hydrogen) atoms. The van der Waals surface area contributed by atoms with Crippen LogP contribution in [0.1, 0.15) is 30.1 Å². The lowest BCUT2D eigenvalue weighted by atomic mass is 10.1. The molecule has 0 amide bonds. The highest BCUT2D eigenvalue weighted by Crippen LogP contribution is 2.41. The van der Waals surface area contributed by atoms with Gasteiger partial charge in [0.25, 0.3) is 0 Å². The zero-order valence-electron chi connectivity index (χ0n) is 9.93. The summed E-state index contributed by atoms with van der Waals surface area (Å²) in [7, 11) is 0. The number of nitrogens with one attached hydrogen (secondary N) is 1. The smallest absolute Gasteiger partial charge is 0.0957 e. The van der Waals surface area contributed by atoms with Gasteiger partial charge in [-0.1, -0.05) is 12.1 Å². The second-order valence-corrected chi connectivity index (χ2v) is 4.49. The van der Waals surface area contributed by atoms with E-state index in [1.165, 1.54) is 12.4 Å². The zero-order valence-corrected chi connectivity index (χ0v) is 9.93. The van der Waals surface area contributed by atoms with E-state index in [0.717, 1.165) is 35.3 Å². The molecule has 1 aliphatic carbocycles. The fourth-order valence-electron chi connectivity index (χ4n) is 2.06. The van der Waals surface area contributed by atoms with Crippen LogP contribution in [0, 0.1) is 5.41 Å². The summed E-state index contributed by atoms with van der Waals surface area (Å²) in [4.78, 5) is 9.31. The van der Waals surface area contributed by atoms with Gasteiger partial charge >= 0.3 is 0 Å². The molecule has 0 aliphatic heterocycles. The molecule has 2 aromatic rings. The van der Waals surface area contributed by atoms with Crippen LogP contribution >= 0.6 is 0 Å². The first-order valence-electron chi connectivity index (χ1n) is 6.03. The van der Waals surface area contributed by atoms with E-state index < -0.39 is 0 Å². The minimum atomic E-state index is 0.479. The summed E-state index contributed by atoms with van der Waals surface area (Å²) in [5, 5.41) is 7.42. The third kappa shape index (κ3) is 1.76. The van der Waals surface area contributed by atoms with Crippen molar-refractivity contribution in [1.29, 1.82) is 5.41 Å². The molecule has 0 bridgehead atoms. The molecule has 0 unspecified atom stereocenters. The van der Waals surface area contributed by atoms with Crippen molar-refractivity contribution < 1.29 is 0 Å². The lowest BCUT2D eigenvalue weighted by Gasteiger charge is -2.08. The van der Waals surface area contributed by atoms with Crippen molar-refractivity contribution in [3.8, 4) is 0 Å². The Balaban J connectivity index is 2.26. The van der Waals surface area contributed by atoms with Gasteiger partial charge in [-0.05, 0) is 25.0 Å². The van der Waals surface area contributed by atoms with Gasteiger partial charge in [0.15, 0.2) is 0 Å². The van der Waals surface area contributed by atoms with Crippen LogP contribution in [0.4, 0.5) is 0 Å². The Kier molecular flexibility index (Phi) is 2.55. The number of rotatable bonds is 3. The Hall–Kier alpha value is -2.23. The molecular weight excluding hydrogens is 224 g/mol. The molecule has 0 atom stereocenters. The first-order valence-corrected chi connectivity index (χ1v) is 6.03. The Bertz CT molecular complexity index is 641. The number of nitrogens with two attached hydrogens (primary N) is 1. The first kappa shape index (κ1) is 10.9. The summed E-state index contributed by atoms with van der Waals surface area (Å²) in [5.41, 5.74) is 9.69. The van der Waals surface area contributed by atoms with E-state index in [2.05, 4.69) is 4.98 Å². The van der Waals surface area contributed by atoms with Crippen LogP contribution in [-0.2, 0) is 0 Å². The van der Waals surface area contributed by atoms with Crippen LogP contribution in [-0.4, -0.2) is 16.2 Å². The molecule has 4 heteroatoms. The molecule has 1 fully saturated rings. The number of nitrogens with zero attached hydrogens (tertiary/aromatic N) is 2. The highest BCUT2D eigenvalue weighted by molar-refractivity contribution is 6.08. The highest BCUT2D eigenvalue weighted by atomic mass is 14.8. The van der Waals surface area contributed by atoms with Gasteiger partial charge in [0.2, 0.25) is 0 Å². The summed E-state index contributed by atoms with van der Waals surface area (Å²) in [6, 6.07) is 7.80. The van der Waals surface area contributed by atoms with E-state index in [9.17, 15) is 0 Å². The van der Waals surface area contributed by atoms with E-state index in [4.69, 9.17) is 16.1 Å². The lowest BCUT2D eigenvalue weighted by molar-refractivity contribution is 1.00. The number of benzene rings is 1. The first-order chi connectivity index (χ1) is 8.83. The molecule has 90 valence electrons. The number of para-hydroxylation sites is 2. The van der Waals surface area contributed by atoms with E-state index in [-0.39, 0.29) is 0 Å². The van der Waals surface area contributed by atoms with Crippen molar-refractivity contribution in [1.82, 2.24) is 9.97 Å². The normalized spacial score (nSPS) is 15.9. The number of aromatic nitrogens is 2. The van der Waals surface area contributed by atoms with Crippen molar-refractivity contribution in [3.63, 3.8) is 0 Å². The lowest BCUT2D eigenvalue weighted by Crippen LogP contribution is -2.03. The molecule has 1 aromatic heterocycles. The van der Waals surface area contributed by atoms with Crippen molar-refractivity contribution in [2.75, 3.05) is 0 Å². The number of fused-ring (bicyclic) bond motifs is 1. The maximum atomic E-state index is 7.42. The molecule has 1 saturated carbocycles. The minimum Gasteiger partial charge on any atom is -0.404 e.